The summed E-state index contributed by atoms with van der Waals surface area (Å²) in [7, 11) is 1.93. The fourth-order valence-corrected chi connectivity index (χ4v) is 7.47. The molecule has 8 atom stereocenters. The number of aliphatic hydroxyl groups is 1. The number of fused-ring (bicyclic) bond motifs is 5. The van der Waals surface area contributed by atoms with E-state index >= 15 is 0 Å². The van der Waals surface area contributed by atoms with Crippen LogP contribution in [0.15, 0.2) is 12.2 Å². The first-order valence-electron chi connectivity index (χ1n) is 10.1. The predicted molar refractivity (Wildman–Crippen MR) is 97.2 cm³/mol. The van der Waals surface area contributed by atoms with Crippen LogP contribution < -0.4 is 0 Å². The first kappa shape index (κ1) is 18.0. The van der Waals surface area contributed by atoms with Crippen molar-refractivity contribution in [1.82, 2.24) is 4.90 Å². The summed E-state index contributed by atoms with van der Waals surface area (Å²) in [5, 5.41) is 19.6. The molecule has 2 N–H and O–H groups in total. The van der Waals surface area contributed by atoms with Crippen molar-refractivity contribution in [2.24, 2.45) is 34.5 Å². The smallest absolute Gasteiger partial charge is 0.332 e. The number of carboxylic acids is 1. The average Bonchev–Trinajstić information content (AvgIpc) is 2.95. The van der Waals surface area contributed by atoms with Crippen molar-refractivity contribution in [3.63, 3.8) is 0 Å². The van der Waals surface area contributed by atoms with Gasteiger partial charge in [-0.05, 0) is 67.8 Å². The zero-order chi connectivity index (χ0) is 18.9. The lowest BCUT2D eigenvalue weighted by molar-refractivity contribution is -0.156. The number of carbonyl (C=O) groups excluding carboxylic acids is 1. The van der Waals surface area contributed by atoms with Gasteiger partial charge in [0.1, 0.15) is 0 Å². The molecule has 144 valence electrons. The Balaban J connectivity index is 1.64. The van der Waals surface area contributed by atoms with Crippen molar-refractivity contribution >= 4 is 11.9 Å². The van der Waals surface area contributed by atoms with Crippen LogP contribution in [0.3, 0.4) is 0 Å². The number of rotatable bonds is 2. The van der Waals surface area contributed by atoms with Crippen LogP contribution in [-0.4, -0.2) is 46.2 Å². The Kier molecular flexibility index (Phi) is 4.03. The number of carboxylic acid groups (broad SMARTS) is 1. The maximum atomic E-state index is 12.1. The van der Waals surface area contributed by atoms with E-state index in [0.29, 0.717) is 17.8 Å². The van der Waals surface area contributed by atoms with Crippen LogP contribution in [0.4, 0.5) is 0 Å². The molecular weight excluding hydrogens is 330 g/mol. The number of aliphatic hydroxyl groups excluding tert-OH is 1. The van der Waals surface area contributed by atoms with E-state index in [-0.39, 0.29) is 28.7 Å². The lowest BCUT2D eigenvalue weighted by Crippen LogP contribution is -2.59. The second kappa shape index (κ2) is 5.82. The Labute approximate surface area is 155 Å². The molecule has 4 rings (SSSR count). The number of aliphatic carboxylic acids is 1. The van der Waals surface area contributed by atoms with Gasteiger partial charge in [-0.15, -0.1) is 0 Å². The molecule has 3 aliphatic carbocycles. The molecule has 3 fully saturated rings. The zero-order valence-electron chi connectivity index (χ0n) is 16.0. The van der Waals surface area contributed by atoms with Crippen LogP contribution in [0.2, 0.25) is 0 Å². The summed E-state index contributed by atoms with van der Waals surface area (Å²) >= 11 is 0. The van der Waals surface area contributed by atoms with Gasteiger partial charge >= 0.3 is 5.97 Å². The number of nitrogens with zero attached hydrogens (tertiary/aromatic N) is 1. The third kappa shape index (κ3) is 2.25. The van der Waals surface area contributed by atoms with Crippen molar-refractivity contribution in [2.45, 2.75) is 64.5 Å². The van der Waals surface area contributed by atoms with E-state index in [1.54, 1.807) is 6.08 Å². The second-order valence-corrected chi connectivity index (χ2v) is 9.63. The van der Waals surface area contributed by atoms with Crippen LogP contribution in [0.25, 0.3) is 0 Å². The van der Waals surface area contributed by atoms with E-state index in [9.17, 15) is 19.8 Å². The van der Waals surface area contributed by atoms with Crippen LogP contribution in [-0.2, 0) is 9.59 Å². The van der Waals surface area contributed by atoms with Gasteiger partial charge in [0.05, 0.1) is 0 Å². The largest absolute Gasteiger partial charge is 0.479 e. The molecule has 1 aliphatic heterocycles. The summed E-state index contributed by atoms with van der Waals surface area (Å²) in [6, 6.07) is 0.271. The molecule has 0 spiro atoms. The lowest BCUT2D eigenvalue weighted by atomic mass is 9.47. The normalized spacial score (nSPS) is 48.5. The summed E-state index contributed by atoms with van der Waals surface area (Å²) in [4.78, 5) is 25.4. The summed E-state index contributed by atoms with van der Waals surface area (Å²) in [6.07, 6.45) is 8.65. The highest BCUT2D eigenvalue weighted by molar-refractivity contribution is 5.89. The summed E-state index contributed by atoms with van der Waals surface area (Å²) in [5.74, 6) is 0.471. The third-order valence-electron chi connectivity index (χ3n) is 8.84. The molecule has 0 saturated heterocycles. The van der Waals surface area contributed by atoms with Crippen molar-refractivity contribution in [3.8, 4) is 0 Å². The fourth-order valence-electron chi connectivity index (χ4n) is 7.47. The molecule has 0 aromatic rings. The summed E-state index contributed by atoms with van der Waals surface area (Å²) in [6.45, 7) is 4.54. The number of hydrogen-bond donors (Lipinski definition) is 2. The first-order valence-corrected chi connectivity index (χ1v) is 10.1. The Morgan fingerprint density at radius 2 is 1.92 bits per heavy atom. The Bertz CT molecular complexity index is 660. The van der Waals surface area contributed by atoms with E-state index in [2.05, 4.69) is 19.9 Å². The maximum absolute atomic E-state index is 12.1. The van der Waals surface area contributed by atoms with Gasteiger partial charge in [0, 0.05) is 24.4 Å². The van der Waals surface area contributed by atoms with Crippen molar-refractivity contribution < 1.29 is 19.8 Å². The minimum atomic E-state index is -1.24. The fraction of sp³-hybridized carbons (Fsp3) is 0.810. The number of carbonyl (C=O) groups is 2. The molecule has 0 bridgehead atoms. The molecular formula is C21H31NO4. The standard InChI is InChI=1S/C21H31NO4/c1-20-10-8-14-12(13(20)5-6-15(20)18(24)19(25)26)4-7-16-21(14,2)11-9-17(23)22(16)3/h9,11-16,18,24H,4-8,10H2,1-3H3,(H,25,26)/t12?,13-,14?,15+,16+,18?,20-,21+/m0/s1. The molecule has 5 heteroatoms. The maximum Gasteiger partial charge on any atom is 0.332 e. The lowest BCUT2D eigenvalue weighted by Gasteiger charge is -2.60. The Morgan fingerprint density at radius 1 is 1.19 bits per heavy atom. The number of hydrogen-bond acceptors (Lipinski definition) is 3. The monoisotopic (exact) mass is 361 g/mol. The molecule has 0 aromatic carbocycles. The topological polar surface area (TPSA) is 77.8 Å². The third-order valence-corrected chi connectivity index (χ3v) is 8.84. The van der Waals surface area contributed by atoms with Crippen molar-refractivity contribution in [1.29, 1.82) is 0 Å². The molecule has 4 aliphatic rings. The molecule has 3 unspecified atom stereocenters. The van der Waals surface area contributed by atoms with Crippen LogP contribution in [0.5, 0.6) is 0 Å². The van der Waals surface area contributed by atoms with Crippen LogP contribution >= 0.6 is 0 Å². The van der Waals surface area contributed by atoms with Gasteiger partial charge < -0.3 is 15.1 Å². The van der Waals surface area contributed by atoms with E-state index in [1.165, 1.54) is 0 Å². The van der Waals surface area contributed by atoms with E-state index < -0.39 is 12.1 Å². The van der Waals surface area contributed by atoms with Gasteiger partial charge in [-0.3, -0.25) is 4.79 Å². The van der Waals surface area contributed by atoms with Crippen LogP contribution in [0.1, 0.15) is 52.4 Å². The van der Waals surface area contributed by atoms with Crippen molar-refractivity contribution in [2.75, 3.05) is 7.05 Å². The van der Waals surface area contributed by atoms with E-state index in [4.69, 9.17) is 0 Å². The van der Waals surface area contributed by atoms with Gasteiger partial charge in [-0.1, -0.05) is 19.9 Å². The predicted octanol–water partition coefficient (Wildman–Crippen LogP) is 2.69. The van der Waals surface area contributed by atoms with Gasteiger partial charge in [0.15, 0.2) is 6.10 Å². The molecule has 1 amide bonds. The SMILES string of the molecule is CN1C(=O)C=C[C@]2(C)C3CC[C@]4(C)[C@@H](C(O)C(=O)O)CC[C@H]4C3CC[C@@H]12. The number of likely N-dealkylation sites (N-methyl/N-ethyl adjacent to an activating group) is 1. The second-order valence-electron chi connectivity index (χ2n) is 9.63. The first-order chi connectivity index (χ1) is 12.2. The summed E-state index contributed by atoms with van der Waals surface area (Å²) in [5.41, 5.74) is -0.0708. The van der Waals surface area contributed by atoms with Crippen LogP contribution in [0, 0.1) is 34.5 Å². The van der Waals surface area contributed by atoms with Gasteiger partial charge in [0.25, 0.3) is 0 Å². The number of amides is 1. The molecule has 0 aromatic heterocycles. The van der Waals surface area contributed by atoms with Gasteiger partial charge in [-0.25, -0.2) is 4.79 Å². The molecule has 5 nitrogen and oxygen atoms in total. The highest BCUT2D eigenvalue weighted by atomic mass is 16.4. The van der Waals surface area contributed by atoms with Gasteiger partial charge in [-0.2, -0.15) is 0 Å². The van der Waals surface area contributed by atoms with Gasteiger partial charge in [0.2, 0.25) is 5.91 Å². The van der Waals surface area contributed by atoms with E-state index in [0.717, 1.165) is 38.5 Å². The van der Waals surface area contributed by atoms with E-state index in [1.807, 2.05) is 11.9 Å². The average molecular weight is 361 g/mol. The molecule has 0 radical (unpaired) electrons. The Hall–Kier alpha value is -1.36. The van der Waals surface area contributed by atoms with Crippen molar-refractivity contribution in [3.05, 3.63) is 12.2 Å². The summed E-state index contributed by atoms with van der Waals surface area (Å²) < 4.78 is 0. The molecule has 26 heavy (non-hydrogen) atoms. The zero-order valence-corrected chi connectivity index (χ0v) is 16.0. The quantitative estimate of drug-likeness (QED) is 0.793. The Morgan fingerprint density at radius 3 is 2.62 bits per heavy atom. The highest BCUT2D eigenvalue weighted by Gasteiger charge is 2.61. The molecule has 1 heterocycles. The molecule has 3 saturated carbocycles. The minimum absolute atomic E-state index is 0.0103. The highest BCUT2D eigenvalue weighted by Crippen LogP contribution is 2.65. The minimum Gasteiger partial charge on any atom is -0.479 e.